The van der Waals surface area contributed by atoms with E-state index in [0.717, 1.165) is 6.92 Å². The van der Waals surface area contributed by atoms with Crippen LogP contribution in [-0.2, 0) is 9.59 Å². The smallest absolute Gasteiger partial charge is 0.364 e. The third-order valence-corrected chi connectivity index (χ3v) is 1.29. The Morgan fingerprint density at radius 2 is 1.64 bits per heavy atom. The predicted octanol–water partition coefficient (Wildman–Crippen LogP) is -1.53. The summed E-state index contributed by atoms with van der Waals surface area (Å²) in [5.74, 6) is -8.53. The molecular weight excluding hydrogens is 156 g/mol. The van der Waals surface area contributed by atoms with Gasteiger partial charge < -0.3 is 20.4 Å². The maximum absolute atomic E-state index is 10.1. The van der Waals surface area contributed by atoms with Crippen molar-refractivity contribution in [1.82, 2.24) is 0 Å². The summed E-state index contributed by atoms with van der Waals surface area (Å²) < 4.78 is 0. The minimum Gasteiger partial charge on any atom is -0.481 e. The molecule has 11 heavy (non-hydrogen) atoms. The molecular formula is C5H8O6. The fraction of sp³-hybridized carbons (Fsp3) is 0.600. The van der Waals surface area contributed by atoms with Crippen molar-refractivity contribution in [2.75, 3.05) is 0 Å². The van der Waals surface area contributed by atoms with E-state index in [-0.39, 0.29) is 0 Å². The number of aliphatic carboxylic acids is 2. The molecule has 0 aliphatic carbocycles. The summed E-state index contributed by atoms with van der Waals surface area (Å²) in [6.45, 7) is 0.885. The molecule has 1 atom stereocenters. The number of rotatable bonds is 3. The SMILES string of the molecule is CC(C(=O)O)C(O)(O)C(=O)O. The van der Waals surface area contributed by atoms with Crippen molar-refractivity contribution in [3.63, 3.8) is 0 Å². The molecule has 0 aromatic rings. The van der Waals surface area contributed by atoms with Crippen LogP contribution < -0.4 is 0 Å². The van der Waals surface area contributed by atoms with Gasteiger partial charge in [-0.1, -0.05) is 0 Å². The summed E-state index contributed by atoms with van der Waals surface area (Å²) in [6.07, 6.45) is 0. The zero-order valence-electron chi connectivity index (χ0n) is 5.68. The zero-order valence-corrected chi connectivity index (χ0v) is 5.68. The fourth-order valence-electron chi connectivity index (χ4n) is 0.357. The molecule has 6 nitrogen and oxygen atoms in total. The van der Waals surface area contributed by atoms with Gasteiger partial charge in [-0.25, -0.2) is 4.79 Å². The van der Waals surface area contributed by atoms with E-state index in [9.17, 15) is 9.59 Å². The van der Waals surface area contributed by atoms with Gasteiger partial charge in [-0.15, -0.1) is 0 Å². The quantitative estimate of drug-likeness (QED) is 0.376. The van der Waals surface area contributed by atoms with Gasteiger partial charge in [0, 0.05) is 0 Å². The van der Waals surface area contributed by atoms with Crippen molar-refractivity contribution < 1.29 is 30.0 Å². The number of carboxylic acids is 2. The molecule has 0 saturated carbocycles. The van der Waals surface area contributed by atoms with Crippen LogP contribution in [0.1, 0.15) is 6.92 Å². The summed E-state index contributed by atoms with van der Waals surface area (Å²) in [7, 11) is 0. The first kappa shape index (κ1) is 9.86. The fourth-order valence-corrected chi connectivity index (χ4v) is 0.357. The van der Waals surface area contributed by atoms with Gasteiger partial charge in [-0.05, 0) is 6.92 Å². The molecule has 0 spiro atoms. The summed E-state index contributed by atoms with van der Waals surface area (Å²) in [4.78, 5) is 20.1. The third-order valence-electron chi connectivity index (χ3n) is 1.29. The second kappa shape index (κ2) is 2.85. The molecule has 0 aliphatic heterocycles. The maximum Gasteiger partial charge on any atom is 0.364 e. The van der Waals surface area contributed by atoms with Crippen molar-refractivity contribution >= 4 is 11.9 Å². The molecule has 4 N–H and O–H groups in total. The summed E-state index contributed by atoms with van der Waals surface area (Å²) in [6, 6.07) is 0. The molecule has 0 rings (SSSR count). The van der Waals surface area contributed by atoms with Gasteiger partial charge in [0.15, 0.2) is 0 Å². The highest BCUT2D eigenvalue weighted by Crippen LogP contribution is 2.13. The van der Waals surface area contributed by atoms with Crippen molar-refractivity contribution in [1.29, 1.82) is 0 Å². The summed E-state index contributed by atoms with van der Waals surface area (Å²) in [5, 5.41) is 33.5. The Bertz CT molecular complexity index is 183. The van der Waals surface area contributed by atoms with Gasteiger partial charge in [0.25, 0.3) is 5.79 Å². The summed E-state index contributed by atoms with van der Waals surface area (Å²) in [5.41, 5.74) is 0. The zero-order chi connectivity index (χ0) is 9.23. The lowest BCUT2D eigenvalue weighted by molar-refractivity contribution is -0.223. The van der Waals surface area contributed by atoms with E-state index < -0.39 is 23.6 Å². The van der Waals surface area contributed by atoms with E-state index in [1.54, 1.807) is 0 Å². The van der Waals surface area contributed by atoms with Gasteiger partial charge in [0.05, 0.1) is 0 Å². The molecule has 0 radical (unpaired) electrons. The molecule has 0 bridgehead atoms. The second-order valence-electron chi connectivity index (χ2n) is 2.09. The number of hydrogen-bond donors (Lipinski definition) is 4. The lowest BCUT2D eigenvalue weighted by atomic mass is 10.0. The standard InChI is InChI=1S/C5H8O6/c1-2(3(6)7)5(10,11)4(8)9/h2,10-11H,1H3,(H,6,7)(H,8,9). The minimum atomic E-state index is -3.20. The molecule has 0 aromatic carbocycles. The van der Waals surface area contributed by atoms with Crippen LogP contribution in [0.5, 0.6) is 0 Å². The largest absolute Gasteiger partial charge is 0.481 e. The van der Waals surface area contributed by atoms with Crippen LogP contribution in [0.3, 0.4) is 0 Å². The average Bonchev–Trinajstić information content (AvgIpc) is 1.85. The van der Waals surface area contributed by atoms with Crippen molar-refractivity contribution in [2.45, 2.75) is 12.7 Å². The molecule has 0 amide bonds. The molecule has 0 fully saturated rings. The Balaban J connectivity index is 4.55. The van der Waals surface area contributed by atoms with E-state index >= 15 is 0 Å². The molecule has 0 aliphatic rings. The van der Waals surface area contributed by atoms with Gasteiger partial charge in [-0.2, -0.15) is 0 Å². The van der Waals surface area contributed by atoms with Crippen molar-refractivity contribution in [3.8, 4) is 0 Å². The lowest BCUT2D eigenvalue weighted by Crippen LogP contribution is -2.47. The highest BCUT2D eigenvalue weighted by atomic mass is 16.5. The van der Waals surface area contributed by atoms with Crippen LogP contribution in [0, 0.1) is 5.92 Å². The maximum atomic E-state index is 10.1. The van der Waals surface area contributed by atoms with Gasteiger partial charge in [-0.3, -0.25) is 4.79 Å². The number of aliphatic hydroxyl groups is 2. The number of hydrogen-bond acceptors (Lipinski definition) is 4. The van der Waals surface area contributed by atoms with Gasteiger partial charge in [0.2, 0.25) is 0 Å². The summed E-state index contributed by atoms with van der Waals surface area (Å²) >= 11 is 0. The molecule has 1 unspecified atom stereocenters. The second-order valence-corrected chi connectivity index (χ2v) is 2.09. The molecule has 0 saturated heterocycles. The first-order chi connectivity index (χ1) is 4.80. The van der Waals surface area contributed by atoms with E-state index in [2.05, 4.69) is 0 Å². The van der Waals surface area contributed by atoms with Crippen LogP contribution in [-0.4, -0.2) is 38.2 Å². The normalized spacial score (nSPS) is 14.1. The van der Waals surface area contributed by atoms with E-state index in [4.69, 9.17) is 20.4 Å². The van der Waals surface area contributed by atoms with Crippen molar-refractivity contribution in [2.24, 2.45) is 5.92 Å². The molecule has 6 heteroatoms. The molecule has 0 aromatic heterocycles. The minimum absolute atomic E-state index is 0.885. The lowest BCUT2D eigenvalue weighted by Gasteiger charge is -2.19. The Morgan fingerprint density at radius 3 is 1.73 bits per heavy atom. The van der Waals surface area contributed by atoms with Crippen LogP contribution in [0.25, 0.3) is 0 Å². The highest BCUT2D eigenvalue weighted by molar-refractivity contribution is 5.83. The van der Waals surface area contributed by atoms with E-state index in [1.807, 2.05) is 0 Å². The Kier molecular flexibility index (Phi) is 2.55. The topological polar surface area (TPSA) is 115 Å². The first-order valence-electron chi connectivity index (χ1n) is 2.71. The van der Waals surface area contributed by atoms with Gasteiger partial charge in [0.1, 0.15) is 5.92 Å². The molecule has 64 valence electrons. The monoisotopic (exact) mass is 164 g/mol. The number of carbonyl (C=O) groups is 2. The van der Waals surface area contributed by atoms with Crippen LogP contribution in [0.2, 0.25) is 0 Å². The predicted molar refractivity (Wildman–Crippen MR) is 31.6 cm³/mol. The Hall–Kier alpha value is -1.14. The molecule has 0 heterocycles. The van der Waals surface area contributed by atoms with Crippen molar-refractivity contribution in [3.05, 3.63) is 0 Å². The average molecular weight is 164 g/mol. The van der Waals surface area contributed by atoms with Gasteiger partial charge >= 0.3 is 11.9 Å². The third kappa shape index (κ3) is 1.89. The van der Waals surface area contributed by atoms with Crippen LogP contribution >= 0.6 is 0 Å². The van der Waals surface area contributed by atoms with E-state index in [0.29, 0.717) is 0 Å². The number of carboxylic acid groups (broad SMARTS) is 2. The first-order valence-corrected chi connectivity index (χ1v) is 2.71. The highest BCUT2D eigenvalue weighted by Gasteiger charge is 2.43. The van der Waals surface area contributed by atoms with Crippen LogP contribution in [0.15, 0.2) is 0 Å². The Morgan fingerprint density at radius 1 is 1.27 bits per heavy atom. The van der Waals surface area contributed by atoms with E-state index in [1.165, 1.54) is 0 Å². The Labute approximate surface area is 61.7 Å². The van der Waals surface area contributed by atoms with Crippen LogP contribution in [0.4, 0.5) is 0 Å².